The van der Waals surface area contributed by atoms with Crippen LogP contribution in [0.5, 0.6) is 5.75 Å². The number of nitrogens with two attached hydrogens (primary N) is 1. The van der Waals surface area contributed by atoms with Gasteiger partial charge in [0.15, 0.2) is 0 Å². The molecule has 1 aliphatic rings. The first-order valence-electron chi connectivity index (χ1n) is 7.48. The molecule has 1 aliphatic heterocycles. The summed E-state index contributed by atoms with van der Waals surface area (Å²) in [5, 5.41) is 3.09. The van der Waals surface area contributed by atoms with Gasteiger partial charge in [-0.2, -0.15) is 0 Å². The van der Waals surface area contributed by atoms with Crippen LogP contribution >= 0.6 is 0 Å². The minimum Gasteiger partial charge on any atom is -0.493 e. The van der Waals surface area contributed by atoms with Crippen molar-refractivity contribution in [3.8, 4) is 5.75 Å². The van der Waals surface area contributed by atoms with Crippen LogP contribution in [0.25, 0.3) is 0 Å². The summed E-state index contributed by atoms with van der Waals surface area (Å²) in [7, 11) is 0. The third-order valence-corrected chi connectivity index (χ3v) is 3.81. The molecule has 2 rings (SSSR count). The van der Waals surface area contributed by atoms with E-state index >= 15 is 0 Å². The number of unbranched alkanes of at least 4 members (excludes halogenated alkanes) is 1. The number of benzene rings is 1. The van der Waals surface area contributed by atoms with Crippen LogP contribution in [0, 0.1) is 0 Å². The van der Waals surface area contributed by atoms with Gasteiger partial charge < -0.3 is 15.8 Å². The molecule has 4 heteroatoms. The fourth-order valence-electron chi connectivity index (χ4n) is 2.62. The monoisotopic (exact) mass is 276 g/mol. The number of hydrogen-bond donors (Lipinski definition) is 2. The molecule has 3 N–H and O–H groups in total. The van der Waals surface area contributed by atoms with E-state index in [9.17, 15) is 4.79 Å². The van der Waals surface area contributed by atoms with Gasteiger partial charge in [0.05, 0.1) is 12.5 Å². The van der Waals surface area contributed by atoms with E-state index in [-0.39, 0.29) is 17.9 Å². The van der Waals surface area contributed by atoms with Crippen molar-refractivity contribution in [2.24, 2.45) is 5.73 Å². The fourth-order valence-corrected chi connectivity index (χ4v) is 2.62. The Bertz CT molecular complexity index is 448. The number of nitrogens with one attached hydrogen (secondary N) is 1. The van der Waals surface area contributed by atoms with Gasteiger partial charge in [-0.3, -0.25) is 4.79 Å². The molecule has 0 saturated heterocycles. The summed E-state index contributed by atoms with van der Waals surface area (Å²) in [6.45, 7) is 3.23. The van der Waals surface area contributed by atoms with Crippen molar-refractivity contribution in [2.75, 3.05) is 13.2 Å². The molecule has 0 spiro atoms. The molecule has 1 aromatic rings. The predicted molar refractivity (Wildman–Crippen MR) is 79.8 cm³/mol. The summed E-state index contributed by atoms with van der Waals surface area (Å²) in [6.07, 6.45) is 3.89. The van der Waals surface area contributed by atoms with Crippen molar-refractivity contribution in [3.63, 3.8) is 0 Å². The van der Waals surface area contributed by atoms with E-state index in [1.807, 2.05) is 24.3 Å². The highest BCUT2D eigenvalue weighted by molar-refractivity contribution is 5.85. The second-order valence-corrected chi connectivity index (χ2v) is 5.31. The lowest BCUT2D eigenvalue weighted by Gasteiger charge is -2.27. The van der Waals surface area contributed by atoms with E-state index in [0.717, 1.165) is 37.0 Å². The highest BCUT2D eigenvalue weighted by Crippen LogP contribution is 2.33. The van der Waals surface area contributed by atoms with Crippen LogP contribution in [0.1, 0.15) is 44.1 Å². The van der Waals surface area contributed by atoms with Gasteiger partial charge in [-0.15, -0.1) is 0 Å². The standard InChI is InChI=1S/C16H24N2O2/c1-2-3-6-12(11-17)18-16(19)14-9-10-20-15-8-5-4-7-13(14)15/h4-5,7-8,12,14H,2-3,6,9-11,17H2,1H3,(H,18,19). The lowest BCUT2D eigenvalue weighted by Crippen LogP contribution is -2.43. The van der Waals surface area contributed by atoms with Gasteiger partial charge in [0.1, 0.15) is 5.75 Å². The van der Waals surface area contributed by atoms with Gasteiger partial charge in [-0.25, -0.2) is 0 Å². The van der Waals surface area contributed by atoms with E-state index in [2.05, 4.69) is 12.2 Å². The van der Waals surface area contributed by atoms with Crippen LogP contribution in [-0.2, 0) is 4.79 Å². The lowest BCUT2D eigenvalue weighted by atomic mass is 9.92. The van der Waals surface area contributed by atoms with E-state index in [4.69, 9.17) is 10.5 Å². The molecule has 2 atom stereocenters. The molecule has 4 nitrogen and oxygen atoms in total. The number of rotatable bonds is 6. The second-order valence-electron chi connectivity index (χ2n) is 5.31. The molecule has 0 radical (unpaired) electrons. The smallest absolute Gasteiger partial charge is 0.228 e. The van der Waals surface area contributed by atoms with Gasteiger partial charge >= 0.3 is 0 Å². The quantitative estimate of drug-likeness (QED) is 0.837. The molecule has 0 bridgehead atoms. The zero-order valence-corrected chi connectivity index (χ0v) is 12.1. The van der Waals surface area contributed by atoms with E-state index in [1.165, 1.54) is 0 Å². The average Bonchev–Trinajstić information content (AvgIpc) is 2.50. The molecule has 0 aromatic heterocycles. The first-order chi connectivity index (χ1) is 9.76. The topological polar surface area (TPSA) is 64.3 Å². The van der Waals surface area contributed by atoms with E-state index in [1.54, 1.807) is 0 Å². The van der Waals surface area contributed by atoms with Gasteiger partial charge in [0.2, 0.25) is 5.91 Å². The van der Waals surface area contributed by atoms with Crippen molar-refractivity contribution >= 4 is 5.91 Å². The first-order valence-corrected chi connectivity index (χ1v) is 7.48. The van der Waals surface area contributed by atoms with Crippen molar-refractivity contribution in [1.29, 1.82) is 0 Å². The number of hydrogen-bond acceptors (Lipinski definition) is 3. The highest BCUT2D eigenvalue weighted by atomic mass is 16.5. The molecule has 0 saturated carbocycles. The molecule has 1 heterocycles. The number of carbonyl (C=O) groups is 1. The number of amides is 1. The Balaban J connectivity index is 2.03. The largest absolute Gasteiger partial charge is 0.493 e. The molecule has 0 fully saturated rings. The summed E-state index contributed by atoms with van der Waals surface area (Å²) in [5.74, 6) is 0.791. The molecule has 0 aliphatic carbocycles. The summed E-state index contributed by atoms with van der Waals surface area (Å²) in [4.78, 5) is 12.5. The number of para-hydroxylation sites is 1. The third kappa shape index (κ3) is 3.51. The number of fused-ring (bicyclic) bond motifs is 1. The Morgan fingerprint density at radius 3 is 3.05 bits per heavy atom. The van der Waals surface area contributed by atoms with Gasteiger partial charge in [-0.1, -0.05) is 38.0 Å². The zero-order valence-electron chi connectivity index (χ0n) is 12.1. The van der Waals surface area contributed by atoms with Gasteiger partial charge in [0, 0.05) is 18.2 Å². The minimum atomic E-state index is -0.115. The fraction of sp³-hybridized carbons (Fsp3) is 0.562. The van der Waals surface area contributed by atoms with E-state index in [0.29, 0.717) is 13.2 Å². The van der Waals surface area contributed by atoms with Crippen LogP contribution in [0.3, 0.4) is 0 Å². The maximum Gasteiger partial charge on any atom is 0.228 e. The lowest BCUT2D eigenvalue weighted by molar-refractivity contribution is -0.123. The maximum atomic E-state index is 12.5. The van der Waals surface area contributed by atoms with Crippen molar-refractivity contribution in [3.05, 3.63) is 29.8 Å². The zero-order chi connectivity index (χ0) is 14.4. The average molecular weight is 276 g/mol. The molecular formula is C16H24N2O2. The number of carbonyl (C=O) groups excluding carboxylic acids is 1. The maximum absolute atomic E-state index is 12.5. The number of ether oxygens (including phenoxy) is 1. The van der Waals surface area contributed by atoms with E-state index < -0.39 is 0 Å². The Kier molecular flexibility index (Phi) is 5.41. The highest BCUT2D eigenvalue weighted by Gasteiger charge is 2.28. The molecule has 2 unspecified atom stereocenters. The summed E-state index contributed by atoms with van der Waals surface area (Å²) in [5.41, 5.74) is 6.74. The molecular weight excluding hydrogens is 252 g/mol. The molecule has 1 amide bonds. The Labute approximate surface area is 120 Å². The third-order valence-electron chi connectivity index (χ3n) is 3.81. The minimum absolute atomic E-state index is 0.0762. The first kappa shape index (κ1) is 14.9. The van der Waals surface area contributed by atoms with Crippen LogP contribution in [-0.4, -0.2) is 25.1 Å². The van der Waals surface area contributed by atoms with Crippen LogP contribution in [0.4, 0.5) is 0 Å². The van der Waals surface area contributed by atoms with Crippen LogP contribution < -0.4 is 15.8 Å². The van der Waals surface area contributed by atoms with Crippen LogP contribution in [0.15, 0.2) is 24.3 Å². The molecule has 20 heavy (non-hydrogen) atoms. The second kappa shape index (κ2) is 7.29. The Morgan fingerprint density at radius 1 is 1.50 bits per heavy atom. The summed E-state index contributed by atoms with van der Waals surface area (Å²) >= 11 is 0. The molecule has 110 valence electrons. The molecule has 1 aromatic carbocycles. The van der Waals surface area contributed by atoms with Crippen LogP contribution in [0.2, 0.25) is 0 Å². The normalized spacial score (nSPS) is 18.8. The van der Waals surface area contributed by atoms with Gasteiger partial charge in [0.25, 0.3) is 0 Å². The van der Waals surface area contributed by atoms with Gasteiger partial charge in [-0.05, 0) is 18.9 Å². The SMILES string of the molecule is CCCCC(CN)NC(=O)C1CCOc2ccccc21. The van der Waals surface area contributed by atoms with Crippen molar-refractivity contribution in [1.82, 2.24) is 5.32 Å². The van der Waals surface area contributed by atoms with Crippen molar-refractivity contribution in [2.45, 2.75) is 44.6 Å². The Hall–Kier alpha value is -1.55. The predicted octanol–water partition coefficient (Wildman–Crippen LogP) is 2.19. The Morgan fingerprint density at radius 2 is 2.30 bits per heavy atom. The summed E-state index contributed by atoms with van der Waals surface area (Å²) < 4.78 is 5.60. The van der Waals surface area contributed by atoms with Crippen molar-refractivity contribution < 1.29 is 9.53 Å². The summed E-state index contributed by atoms with van der Waals surface area (Å²) in [6, 6.07) is 7.86.